The number of fused-ring (bicyclic) bond motifs is 1. The average Bonchev–Trinajstić information content (AvgIpc) is 2.97. The molecule has 0 spiro atoms. The Balaban J connectivity index is 1.93. The van der Waals surface area contributed by atoms with Crippen LogP contribution in [0.2, 0.25) is 0 Å². The fourth-order valence-corrected chi connectivity index (χ4v) is 3.64. The first-order valence-electron chi connectivity index (χ1n) is 7.91. The summed E-state index contributed by atoms with van der Waals surface area (Å²) in [6.45, 7) is 2.45. The predicted molar refractivity (Wildman–Crippen MR) is 91.1 cm³/mol. The number of aliphatic hydroxyl groups is 3. The Morgan fingerprint density at radius 3 is 2.73 bits per heavy atom. The SMILES string of the molecule is CC(=O)NC1C(Oc2ccc3oc(=O)sc3c2C)OC(CO)C(O)C1O. The minimum Gasteiger partial charge on any atom is -0.462 e. The van der Waals surface area contributed by atoms with Crippen LogP contribution < -0.4 is 15.0 Å². The van der Waals surface area contributed by atoms with E-state index in [1.54, 1.807) is 19.1 Å². The molecule has 3 rings (SSSR count). The number of hydrogen-bond donors (Lipinski definition) is 4. The predicted octanol–water partition coefficient (Wildman–Crippen LogP) is -0.515. The van der Waals surface area contributed by atoms with Crippen LogP contribution in [-0.2, 0) is 9.53 Å². The van der Waals surface area contributed by atoms with E-state index in [9.17, 15) is 24.9 Å². The van der Waals surface area contributed by atoms with Gasteiger partial charge in [0.15, 0.2) is 0 Å². The molecule has 0 bridgehead atoms. The van der Waals surface area contributed by atoms with Crippen LogP contribution in [0.4, 0.5) is 0 Å². The van der Waals surface area contributed by atoms with Crippen molar-refractivity contribution in [3.8, 4) is 5.75 Å². The molecular formula is C16H19NO8S. The molecular weight excluding hydrogens is 366 g/mol. The molecule has 1 fully saturated rings. The number of benzene rings is 1. The number of carbonyl (C=O) groups excluding carboxylic acids is 1. The first-order chi connectivity index (χ1) is 12.3. The van der Waals surface area contributed by atoms with Gasteiger partial charge in [-0.25, -0.2) is 4.79 Å². The van der Waals surface area contributed by atoms with E-state index in [1.165, 1.54) is 6.92 Å². The molecule has 5 atom stereocenters. The maximum Gasteiger partial charge on any atom is 0.396 e. The Morgan fingerprint density at radius 1 is 1.35 bits per heavy atom. The van der Waals surface area contributed by atoms with E-state index >= 15 is 0 Å². The van der Waals surface area contributed by atoms with E-state index in [0.717, 1.165) is 11.3 Å². The third-order valence-electron chi connectivity index (χ3n) is 4.19. The van der Waals surface area contributed by atoms with Crippen molar-refractivity contribution in [2.45, 2.75) is 44.5 Å². The number of aryl methyl sites for hydroxylation is 1. The van der Waals surface area contributed by atoms with Crippen LogP contribution in [0, 0.1) is 6.92 Å². The second-order valence-corrected chi connectivity index (χ2v) is 6.97. The van der Waals surface area contributed by atoms with Gasteiger partial charge in [0.1, 0.15) is 35.7 Å². The molecule has 10 heteroatoms. The van der Waals surface area contributed by atoms with E-state index in [1.807, 2.05) is 0 Å². The Kier molecular flexibility index (Phi) is 5.30. The maximum atomic E-state index is 11.4. The molecule has 1 aromatic heterocycles. The Labute approximate surface area is 151 Å². The summed E-state index contributed by atoms with van der Waals surface area (Å²) < 4.78 is 17.0. The molecule has 26 heavy (non-hydrogen) atoms. The van der Waals surface area contributed by atoms with Crippen molar-refractivity contribution in [3.05, 3.63) is 27.4 Å². The van der Waals surface area contributed by atoms with E-state index in [2.05, 4.69) is 5.32 Å². The highest BCUT2D eigenvalue weighted by Crippen LogP contribution is 2.32. The monoisotopic (exact) mass is 385 g/mol. The van der Waals surface area contributed by atoms with E-state index < -0.39 is 48.1 Å². The minimum absolute atomic E-state index is 0.357. The number of aliphatic hydroxyl groups excluding tert-OH is 3. The molecule has 1 aliphatic heterocycles. The zero-order valence-electron chi connectivity index (χ0n) is 14.0. The lowest BCUT2D eigenvalue weighted by molar-refractivity contribution is -0.244. The number of hydrogen-bond acceptors (Lipinski definition) is 9. The van der Waals surface area contributed by atoms with Crippen molar-refractivity contribution in [1.29, 1.82) is 0 Å². The largest absolute Gasteiger partial charge is 0.462 e. The van der Waals surface area contributed by atoms with Crippen LogP contribution >= 0.6 is 11.3 Å². The third-order valence-corrected chi connectivity index (χ3v) is 5.15. The van der Waals surface area contributed by atoms with Gasteiger partial charge in [0.05, 0.1) is 11.3 Å². The molecule has 2 heterocycles. The van der Waals surface area contributed by atoms with Crippen molar-refractivity contribution in [3.63, 3.8) is 0 Å². The van der Waals surface area contributed by atoms with Crippen LogP contribution in [0.3, 0.4) is 0 Å². The van der Waals surface area contributed by atoms with Crippen molar-refractivity contribution < 1.29 is 34.0 Å². The summed E-state index contributed by atoms with van der Waals surface area (Å²) in [5.74, 6) is -0.0868. The van der Waals surface area contributed by atoms with Gasteiger partial charge in [-0.3, -0.25) is 4.79 Å². The van der Waals surface area contributed by atoms with Gasteiger partial charge in [-0.15, -0.1) is 0 Å². The number of amides is 1. The second-order valence-electron chi connectivity index (χ2n) is 6.02. The van der Waals surface area contributed by atoms with E-state index in [4.69, 9.17) is 13.9 Å². The van der Waals surface area contributed by atoms with Crippen molar-refractivity contribution in [2.24, 2.45) is 0 Å². The van der Waals surface area contributed by atoms with Crippen LogP contribution in [0.25, 0.3) is 10.3 Å². The normalized spacial score (nSPS) is 28.9. The molecule has 0 saturated carbocycles. The molecule has 4 N–H and O–H groups in total. The first-order valence-corrected chi connectivity index (χ1v) is 8.73. The molecule has 0 radical (unpaired) electrons. The van der Waals surface area contributed by atoms with Gasteiger partial charge in [0.2, 0.25) is 12.2 Å². The van der Waals surface area contributed by atoms with E-state index in [-0.39, 0.29) is 0 Å². The van der Waals surface area contributed by atoms with Gasteiger partial charge in [-0.1, -0.05) is 11.3 Å². The summed E-state index contributed by atoms with van der Waals surface area (Å²) in [5.41, 5.74) is 1.06. The fourth-order valence-electron chi connectivity index (χ4n) is 2.87. The van der Waals surface area contributed by atoms with Crippen molar-refractivity contribution in [1.82, 2.24) is 5.32 Å². The smallest absolute Gasteiger partial charge is 0.396 e. The van der Waals surface area contributed by atoms with E-state index in [0.29, 0.717) is 21.6 Å². The summed E-state index contributed by atoms with van der Waals surface area (Å²) >= 11 is 0.930. The summed E-state index contributed by atoms with van der Waals surface area (Å²) in [6, 6.07) is 2.09. The Morgan fingerprint density at radius 2 is 2.08 bits per heavy atom. The molecule has 2 aromatic rings. The first kappa shape index (κ1) is 18.8. The Hall–Kier alpha value is -1.98. The van der Waals surface area contributed by atoms with Gasteiger partial charge < -0.3 is 34.5 Å². The molecule has 1 amide bonds. The molecule has 1 saturated heterocycles. The van der Waals surface area contributed by atoms with Gasteiger partial charge >= 0.3 is 4.94 Å². The van der Waals surface area contributed by atoms with Gasteiger partial charge in [-0.2, -0.15) is 0 Å². The van der Waals surface area contributed by atoms with Gasteiger partial charge in [-0.05, 0) is 19.1 Å². The maximum absolute atomic E-state index is 11.4. The third kappa shape index (κ3) is 3.46. The van der Waals surface area contributed by atoms with Gasteiger partial charge in [0.25, 0.3) is 0 Å². The Bertz CT molecular complexity index is 862. The zero-order chi connectivity index (χ0) is 19.0. The highest BCUT2D eigenvalue weighted by atomic mass is 32.1. The molecule has 1 aliphatic rings. The van der Waals surface area contributed by atoms with Crippen molar-refractivity contribution >= 4 is 27.5 Å². The summed E-state index contributed by atoms with van der Waals surface area (Å²) in [5, 5.41) is 32.1. The average molecular weight is 385 g/mol. The highest BCUT2D eigenvalue weighted by Gasteiger charge is 2.46. The van der Waals surface area contributed by atoms with Crippen LogP contribution in [0.5, 0.6) is 5.75 Å². The highest BCUT2D eigenvalue weighted by molar-refractivity contribution is 7.16. The zero-order valence-corrected chi connectivity index (χ0v) is 14.9. The lowest BCUT2D eigenvalue weighted by Gasteiger charge is -2.42. The van der Waals surface area contributed by atoms with Crippen LogP contribution in [0.1, 0.15) is 12.5 Å². The minimum atomic E-state index is -1.40. The van der Waals surface area contributed by atoms with Gasteiger partial charge in [0, 0.05) is 12.5 Å². The summed E-state index contributed by atoms with van der Waals surface area (Å²) in [4.78, 5) is 22.4. The quantitative estimate of drug-likeness (QED) is 0.552. The standard InChI is InChI=1S/C16H19NO8S/c1-6-8(3-4-9-14(6)26-16(22)25-9)23-15-11(17-7(2)19)13(21)12(20)10(5-18)24-15/h3-4,10-13,15,18,20-21H,5H2,1-2H3,(H,17,19). The molecule has 9 nitrogen and oxygen atoms in total. The number of rotatable bonds is 4. The number of carbonyl (C=O) groups is 1. The summed E-state index contributed by atoms with van der Waals surface area (Å²) in [6.07, 6.45) is -5.02. The van der Waals surface area contributed by atoms with Crippen LogP contribution in [0.15, 0.2) is 21.3 Å². The van der Waals surface area contributed by atoms with Crippen molar-refractivity contribution in [2.75, 3.05) is 6.61 Å². The van der Waals surface area contributed by atoms with Crippen LogP contribution in [-0.4, -0.2) is 58.5 Å². The summed E-state index contributed by atoms with van der Waals surface area (Å²) in [7, 11) is 0. The molecule has 0 aliphatic carbocycles. The number of nitrogens with one attached hydrogen (secondary N) is 1. The molecule has 5 unspecified atom stereocenters. The second kappa shape index (κ2) is 7.33. The number of ether oxygens (including phenoxy) is 2. The topological polar surface area (TPSA) is 138 Å². The molecule has 1 aromatic carbocycles. The lowest BCUT2D eigenvalue weighted by atomic mass is 9.97. The molecule has 142 valence electrons. The lowest BCUT2D eigenvalue weighted by Crippen LogP contribution is -2.65. The fraction of sp³-hybridized carbons (Fsp3) is 0.500.